The molecule has 1 aromatic carbocycles. The lowest BCUT2D eigenvalue weighted by molar-refractivity contribution is -0.0511. The molecule has 1 saturated heterocycles. The third kappa shape index (κ3) is 3.83. The van der Waals surface area contributed by atoms with Gasteiger partial charge in [0, 0.05) is 11.7 Å². The maximum atomic E-state index is 10.5. The van der Waals surface area contributed by atoms with Gasteiger partial charge >= 0.3 is 0 Å². The average Bonchev–Trinajstić information content (AvgIpc) is 3.50. The molecule has 10 nitrogen and oxygen atoms in total. The van der Waals surface area contributed by atoms with E-state index in [4.69, 9.17) is 4.74 Å². The van der Waals surface area contributed by atoms with Crippen LogP contribution in [0.5, 0.6) is 0 Å². The Bertz CT molecular complexity index is 1040. The molecule has 164 valence electrons. The SMILES string of the molecule is OC[C@H]1OC(n2cnc3c(NC4CCCC4)nc(Nc4ccccc4)nc32)[C@H](O)[C@@H]1O. The number of para-hydroxylation sites is 1. The summed E-state index contributed by atoms with van der Waals surface area (Å²) in [6, 6.07) is 9.92. The van der Waals surface area contributed by atoms with Crippen LogP contribution in [0.1, 0.15) is 31.9 Å². The van der Waals surface area contributed by atoms with E-state index in [1.54, 1.807) is 4.57 Å². The fourth-order valence-electron chi connectivity index (χ4n) is 4.28. The topological polar surface area (TPSA) is 138 Å². The molecule has 0 bridgehead atoms. The van der Waals surface area contributed by atoms with E-state index in [1.807, 2.05) is 30.3 Å². The van der Waals surface area contributed by atoms with Crippen LogP contribution in [0, 0.1) is 0 Å². The average molecular weight is 426 g/mol. The van der Waals surface area contributed by atoms with Crippen molar-refractivity contribution in [2.24, 2.45) is 0 Å². The summed E-state index contributed by atoms with van der Waals surface area (Å²) in [6.45, 7) is -0.397. The molecule has 0 amide bonds. The van der Waals surface area contributed by atoms with Crippen molar-refractivity contribution in [3.05, 3.63) is 36.7 Å². The molecule has 4 atom stereocenters. The molecule has 1 aliphatic carbocycles. The van der Waals surface area contributed by atoms with Crippen LogP contribution in [0.4, 0.5) is 17.5 Å². The molecule has 3 aromatic rings. The van der Waals surface area contributed by atoms with Crippen molar-refractivity contribution in [1.82, 2.24) is 19.5 Å². The molecule has 1 aliphatic heterocycles. The van der Waals surface area contributed by atoms with Gasteiger partial charge in [-0.25, -0.2) is 4.98 Å². The van der Waals surface area contributed by atoms with Gasteiger partial charge in [0.05, 0.1) is 12.9 Å². The lowest BCUT2D eigenvalue weighted by Crippen LogP contribution is -2.33. The molecule has 5 N–H and O–H groups in total. The molecule has 0 radical (unpaired) electrons. The van der Waals surface area contributed by atoms with Gasteiger partial charge in [0.1, 0.15) is 18.3 Å². The molecule has 0 spiro atoms. The Kier molecular flexibility index (Phi) is 5.45. The van der Waals surface area contributed by atoms with Crippen LogP contribution in [0.3, 0.4) is 0 Å². The first kappa shape index (κ1) is 20.1. The first-order chi connectivity index (χ1) is 15.1. The third-order valence-corrected chi connectivity index (χ3v) is 5.94. The molecule has 2 fully saturated rings. The predicted molar refractivity (Wildman–Crippen MR) is 114 cm³/mol. The van der Waals surface area contributed by atoms with Crippen molar-refractivity contribution in [3.8, 4) is 0 Å². The summed E-state index contributed by atoms with van der Waals surface area (Å²) in [7, 11) is 0. The summed E-state index contributed by atoms with van der Waals surface area (Å²) in [4.78, 5) is 13.8. The molecular formula is C21H26N6O4. The van der Waals surface area contributed by atoms with Crippen LogP contribution in [-0.2, 0) is 4.74 Å². The number of anilines is 3. The van der Waals surface area contributed by atoms with Gasteiger partial charge in [0.15, 0.2) is 23.2 Å². The number of aliphatic hydroxyl groups is 3. The molecule has 1 saturated carbocycles. The zero-order valence-electron chi connectivity index (χ0n) is 16.9. The van der Waals surface area contributed by atoms with Gasteiger partial charge in [0.2, 0.25) is 5.95 Å². The second kappa shape index (κ2) is 8.39. The third-order valence-electron chi connectivity index (χ3n) is 5.94. The van der Waals surface area contributed by atoms with Crippen molar-refractivity contribution < 1.29 is 20.1 Å². The summed E-state index contributed by atoms with van der Waals surface area (Å²) in [5.74, 6) is 0.994. The number of imidazole rings is 1. The Labute approximate surface area is 178 Å². The van der Waals surface area contributed by atoms with E-state index < -0.39 is 31.1 Å². The highest BCUT2D eigenvalue weighted by atomic mass is 16.6. The Morgan fingerprint density at radius 1 is 1.06 bits per heavy atom. The molecule has 2 aromatic heterocycles. The van der Waals surface area contributed by atoms with Crippen LogP contribution in [0.2, 0.25) is 0 Å². The molecule has 1 unspecified atom stereocenters. The number of aromatic nitrogens is 4. The van der Waals surface area contributed by atoms with Crippen LogP contribution in [0.15, 0.2) is 36.7 Å². The van der Waals surface area contributed by atoms with E-state index in [0.717, 1.165) is 18.5 Å². The molecule has 31 heavy (non-hydrogen) atoms. The molecule has 5 rings (SSSR count). The monoisotopic (exact) mass is 426 g/mol. The zero-order valence-corrected chi connectivity index (χ0v) is 16.9. The summed E-state index contributed by atoms with van der Waals surface area (Å²) >= 11 is 0. The highest BCUT2D eigenvalue weighted by Crippen LogP contribution is 2.33. The lowest BCUT2D eigenvalue weighted by Gasteiger charge is -2.18. The van der Waals surface area contributed by atoms with Crippen LogP contribution in [0.25, 0.3) is 11.2 Å². The molecular weight excluding hydrogens is 400 g/mol. The van der Waals surface area contributed by atoms with Gasteiger partial charge in [0.25, 0.3) is 0 Å². The van der Waals surface area contributed by atoms with Crippen molar-refractivity contribution in [1.29, 1.82) is 0 Å². The second-order valence-corrected chi connectivity index (χ2v) is 8.07. The number of ether oxygens (including phenoxy) is 1. The first-order valence-corrected chi connectivity index (χ1v) is 10.6. The number of fused-ring (bicyclic) bond motifs is 1. The van der Waals surface area contributed by atoms with Crippen molar-refractivity contribution in [2.75, 3.05) is 17.2 Å². The van der Waals surface area contributed by atoms with E-state index in [9.17, 15) is 15.3 Å². The number of nitrogens with zero attached hydrogens (tertiary/aromatic N) is 4. The van der Waals surface area contributed by atoms with Gasteiger partial charge in [-0.1, -0.05) is 31.0 Å². The van der Waals surface area contributed by atoms with Crippen LogP contribution in [-0.4, -0.2) is 65.8 Å². The Morgan fingerprint density at radius 2 is 1.84 bits per heavy atom. The van der Waals surface area contributed by atoms with Gasteiger partial charge in [-0.15, -0.1) is 0 Å². The van der Waals surface area contributed by atoms with E-state index in [1.165, 1.54) is 19.2 Å². The standard InChI is InChI=1S/C21H26N6O4/c28-10-14-16(29)17(30)20(31-14)27-11-22-15-18(23-12-8-4-5-9-12)25-21(26-19(15)27)24-13-6-2-1-3-7-13/h1-3,6-7,11-12,14,16-17,20,28-30H,4-5,8-10H2,(H2,23,24,25,26)/t14-,16-,17-,20?/m1/s1. The molecule has 2 aliphatic rings. The van der Waals surface area contributed by atoms with Crippen molar-refractivity contribution >= 4 is 28.6 Å². The number of hydrogen-bond acceptors (Lipinski definition) is 9. The summed E-state index contributed by atoms with van der Waals surface area (Å²) < 4.78 is 7.27. The number of aliphatic hydroxyl groups excluding tert-OH is 3. The van der Waals surface area contributed by atoms with Gasteiger partial charge < -0.3 is 30.7 Å². The number of rotatable bonds is 6. The van der Waals surface area contributed by atoms with E-state index >= 15 is 0 Å². The summed E-state index contributed by atoms with van der Waals surface area (Å²) in [5.41, 5.74) is 1.86. The van der Waals surface area contributed by atoms with Crippen molar-refractivity contribution in [2.45, 2.75) is 56.3 Å². The minimum Gasteiger partial charge on any atom is -0.394 e. The zero-order chi connectivity index (χ0) is 21.4. The van der Waals surface area contributed by atoms with Crippen LogP contribution >= 0.6 is 0 Å². The summed E-state index contributed by atoms with van der Waals surface area (Å²) in [6.07, 6.45) is 1.80. The first-order valence-electron chi connectivity index (χ1n) is 10.6. The van der Waals surface area contributed by atoms with E-state index in [0.29, 0.717) is 29.0 Å². The largest absolute Gasteiger partial charge is 0.394 e. The highest BCUT2D eigenvalue weighted by molar-refractivity contribution is 5.85. The fourth-order valence-corrected chi connectivity index (χ4v) is 4.28. The number of hydrogen-bond donors (Lipinski definition) is 5. The Balaban J connectivity index is 1.55. The second-order valence-electron chi connectivity index (χ2n) is 8.07. The normalized spacial score (nSPS) is 26.5. The maximum absolute atomic E-state index is 10.5. The van der Waals surface area contributed by atoms with Gasteiger partial charge in [-0.2, -0.15) is 9.97 Å². The Morgan fingerprint density at radius 3 is 2.55 bits per heavy atom. The lowest BCUT2D eigenvalue weighted by atomic mass is 10.1. The smallest absolute Gasteiger partial charge is 0.231 e. The quantitative estimate of drug-likeness (QED) is 0.397. The van der Waals surface area contributed by atoms with Gasteiger partial charge in [-0.3, -0.25) is 4.57 Å². The fraction of sp³-hybridized carbons (Fsp3) is 0.476. The number of benzene rings is 1. The molecule has 10 heteroatoms. The Hall–Kier alpha value is -2.79. The van der Waals surface area contributed by atoms with Crippen molar-refractivity contribution in [3.63, 3.8) is 0 Å². The van der Waals surface area contributed by atoms with Crippen LogP contribution < -0.4 is 10.6 Å². The predicted octanol–water partition coefficient (Wildman–Crippen LogP) is 1.54. The highest BCUT2D eigenvalue weighted by Gasteiger charge is 2.44. The minimum absolute atomic E-state index is 0.321. The molecule has 3 heterocycles. The number of nitrogens with one attached hydrogen (secondary N) is 2. The van der Waals surface area contributed by atoms with E-state index in [2.05, 4.69) is 25.6 Å². The maximum Gasteiger partial charge on any atom is 0.231 e. The van der Waals surface area contributed by atoms with Gasteiger partial charge in [-0.05, 0) is 25.0 Å². The minimum atomic E-state index is -1.22. The summed E-state index contributed by atoms with van der Waals surface area (Å²) in [5, 5.41) is 36.8. The van der Waals surface area contributed by atoms with E-state index in [-0.39, 0.29) is 0 Å².